The van der Waals surface area contributed by atoms with Gasteiger partial charge in [-0.2, -0.15) is 4.37 Å². The number of nitrogens with zero attached hydrogens (tertiary/aromatic N) is 2. The van der Waals surface area contributed by atoms with Gasteiger partial charge < -0.3 is 20.7 Å². The van der Waals surface area contributed by atoms with Gasteiger partial charge in [-0.15, -0.1) is 0 Å². The lowest BCUT2D eigenvalue weighted by Crippen LogP contribution is -2.41. The molecule has 1 aliphatic carbocycles. The van der Waals surface area contributed by atoms with Crippen LogP contribution >= 0.6 is 11.5 Å². The number of ether oxygens (including phenoxy) is 1. The fourth-order valence-electron chi connectivity index (χ4n) is 2.21. The summed E-state index contributed by atoms with van der Waals surface area (Å²) in [5, 5.41) is 3.84. The van der Waals surface area contributed by atoms with Gasteiger partial charge >= 0.3 is 0 Å². The Morgan fingerprint density at radius 1 is 1.58 bits per heavy atom. The van der Waals surface area contributed by atoms with Crippen molar-refractivity contribution in [1.82, 2.24) is 9.69 Å². The van der Waals surface area contributed by atoms with E-state index in [9.17, 15) is 4.79 Å². The van der Waals surface area contributed by atoms with Gasteiger partial charge in [-0.1, -0.05) is 0 Å². The molecule has 2 fully saturated rings. The molecule has 1 atom stereocenters. The van der Waals surface area contributed by atoms with E-state index in [0.29, 0.717) is 24.0 Å². The monoisotopic (exact) mass is 282 g/mol. The summed E-state index contributed by atoms with van der Waals surface area (Å²) in [6.07, 6.45) is 2.29. The minimum Gasteiger partial charge on any atom is -0.382 e. The molecular formula is C12H18N4O2S. The number of rotatable bonds is 3. The maximum atomic E-state index is 12.2. The quantitative estimate of drug-likeness (QED) is 0.859. The lowest BCUT2D eigenvalue weighted by molar-refractivity contribution is 0.0533. The molecule has 0 spiro atoms. The molecule has 0 radical (unpaired) electrons. The smallest absolute Gasteiger partial charge is 0.258 e. The second-order valence-corrected chi connectivity index (χ2v) is 5.87. The molecule has 2 heterocycles. The summed E-state index contributed by atoms with van der Waals surface area (Å²) in [7, 11) is 0. The Labute approximate surface area is 116 Å². The van der Waals surface area contributed by atoms with Crippen LogP contribution < -0.4 is 16.0 Å². The average Bonchev–Trinajstić information content (AvgIpc) is 3.09. The molecule has 1 amide bonds. The van der Waals surface area contributed by atoms with Gasteiger partial charge in [0.15, 0.2) is 5.82 Å². The summed E-state index contributed by atoms with van der Waals surface area (Å²) < 4.78 is 9.66. The van der Waals surface area contributed by atoms with Crippen molar-refractivity contribution in [2.45, 2.75) is 31.9 Å². The van der Waals surface area contributed by atoms with Crippen LogP contribution in [0.5, 0.6) is 0 Å². The van der Waals surface area contributed by atoms with Crippen molar-refractivity contribution >= 4 is 28.3 Å². The molecule has 1 aromatic rings. The average molecular weight is 282 g/mol. The number of nitrogens with one attached hydrogen (secondary N) is 1. The number of amides is 1. The Kier molecular flexibility index (Phi) is 3.32. The third-order valence-electron chi connectivity index (χ3n) is 3.37. The fraction of sp³-hybridized carbons (Fsp3) is 0.667. The first-order valence-electron chi connectivity index (χ1n) is 6.57. The number of nitrogen functional groups attached to an aromatic ring is 1. The van der Waals surface area contributed by atoms with Crippen molar-refractivity contribution in [3.05, 3.63) is 5.56 Å². The van der Waals surface area contributed by atoms with Gasteiger partial charge in [0.05, 0.1) is 12.7 Å². The summed E-state index contributed by atoms with van der Waals surface area (Å²) in [4.78, 5) is 14.4. The lowest BCUT2D eigenvalue weighted by atomic mass is 10.2. The Balaban J connectivity index is 1.82. The van der Waals surface area contributed by atoms with Crippen LogP contribution in [0, 0.1) is 0 Å². The van der Waals surface area contributed by atoms with Crippen LogP contribution in [0.2, 0.25) is 0 Å². The van der Waals surface area contributed by atoms with E-state index < -0.39 is 0 Å². The lowest BCUT2D eigenvalue weighted by Gasteiger charge is -2.32. The van der Waals surface area contributed by atoms with Crippen LogP contribution in [-0.2, 0) is 4.74 Å². The van der Waals surface area contributed by atoms with Gasteiger partial charge in [0.2, 0.25) is 0 Å². The van der Waals surface area contributed by atoms with E-state index in [1.807, 2.05) is 6.92 Å². The second-order valence-electron chi connectivity index (χ2n) is 5.12. The summed E-state index contributed by atoms with van der Waals surface area (Å²) >= 11 is 1.30. The molecule has 19 heavy (non-hydrogen) atoms. The highest BCUT2D eigenvalue weighted by Gasteiger charge is 2.30. The van der Waals surface area contributed by atoms with Crippen molar-refractivity contribution in [3.63, 3.8) is 0 Å². The van der Waals surface area contributed by atoms with Gasteiger partial charge in [0.1, 0.15) is 10.6 Å². The minimum atomic E-state index is -0.0945. The zero-order valence-electron chi connectivity index (χ0n) is 10.9. The van der Waals surface area contributed by atoms with Gasteiger partial charge in [-0.25, -0.2) is 0 Å². The first-order chi connectivity index (χ1) is 9.15. The molecule has 104 valence electrons. The van der Waals surface area contributed by atoms with Gasteiger partial charge in [0.25, 0.3) is 5.91 Å². The van der Waals surface area contributed by atoms with Crippen LogP contribution in [0.3, 0.4) is 0 Å². The van der Waals surface area contributed by atoms with Gasteiger partial charge in [0, 0.05) is 19.1 Å². The second kappa shape index (κ2) is 4.97. The Morgan fingerprint density at radius 3 is 3.05 bits per heavy atom. The predicted molar refractivity (Wildman–Crippen MR) is 74.6 cm³/mol. The number of anilines is 2. The number of nitrogens with two attached hydrogens (primary N) is 1. The van der Waals surface area contributed by atoms with E-state index in [1.54, 1.807) is 0 Å². The Bertz CT molecular complexity index is 486. The van der Waals surface area contributed by atoms with Crippen molar-refractivity contribution in [1.29, 1.82) is 0 Å². The van der Waals surface area contributed by atoms with Crippen LogP contribution in [-0.4, -0.2) is 42.1 Å². The van der Waals surface area contributed by atoms with Crippen molar-refractivity contribution < 1.29 is 9.53 Å². The standard InChI is InChI=1S/C12H18N4O2S/c1-7-6-16(4-5-18-7)12-9(10(13)15-19-12)11(17)14-8-2-3-8/h7-8H,2-6H2,1H3,(H2,13,15)(H,14,17). The molecule has 3 rings (SSSR count). The Hall–Kier alpha value is -1.34. The zero-order chi connectivity index (χ0) is 13.4. The topological polar surface area (TPSA) is 80.5 Å². The molecule has 1 saturated heterocycles. The first kappa shape index (κ1) is 12.7. The van der Waals surface area contributed by atoms with Crippen LogP contribution in [0.4, 0.5) is 10.8 Å². The van der Waals surface area contributed by atoms with Gasteiger partial charge in [-0.3, -0.25) is 4.79 Å². The molecule has 1 aliphatic heterocycles. The van der Waals surface area contributed by atoms with Crippen molar-refractivity contribution in [2.75, 3.05) is 30.3 Å². The van der Waals surface area contributed by atoms with E-state index in [0.717, 1.165) is 30.9 Å². The van der Waals surface area contributed by atoms with Crippen LogP contribution in [0.15, 0.2) is 0 Å². The van der Waals surface area contributed by atoms with Crippen molar-refractivity contribution in [3.8, 4) is 0 Å². The fourth-order valence-corrected chi connectivity index (χ4v) is 3.06. The summed E-state index contributed by atoms with van der Waals surface area (Å²) in [6.45, 7) is 4.24. The van der Waals surface area contributed by atoms with Crippen LogP contribution in [0.1, 0.15) is 30.1 Å². The molecule has 1 unspecified atom stereocenters. The molecule has 7 heteroatoms. The summed E-state index contributed by atoms with van der Waals surface area (Å²) in [5.41, 5.74) is 6.39. The molecule has 6 nitrogen and oxygen atoms in total. The third-order valence-corrected chi connectivity index (χ3v) is 4.29. The van der Waals surface area contributed by atoms with Gasteiger partial charge in [-0.05, 0) is 31.3 Å². The van der Waals surface area contributed by atoms with E-state index in [2.05, 4.69) is 14.6 Å². The normalized spacial score (nSPS) is 23.4. The molecule has 3 N–H and O–H groups in total. The molecule has 0 bridgehead atoms. The van der Waals surface area contributed by atoms with E-state index in [-0.39, 0.29) is 12.0 Å². The largest absolute Gasteiger partial charge is 0.382 e. The number of carbonyl (C=O) groups is 1. The highest BCUT2D eigenvalue weighted by molar-refractivity contribution is 7.11. The van der Waals surface area contributed by atoms with Crippen LogP contribution in [0.25, 0.3) is 0 Å². The Morgan fingerprint density at radius 2 is 2.37 bits per heavy atom. The van der Waals surface area contributed by atoms with Crippen molar-refractivity contribution in [2.24, 2.45) is 0 Å². The maximum Gasteiger partial charge on any atom is 0.258 e. The maximum absolute atomic E-state index is 12.2. The minimum absolute atomic E-state index is 0.0945. The highest BCUT2D eigenvalue weighted by Crippen LogP contribution is 2.32. The highest BCUT2D eigenvalue weighted by atomic mass is 32.1. The molecule has 0 aromatic carbocycles. The molecule has 1 aromatic heterocycles. The number of hydrogen-bond donors (Lipinski definition) is 2. The number of hydrogen-bond acceptors (Lipinski definition) is 6. The van der Waals surface area contributed by atoms with E-state index in [4.69, 9.17) is 10.5 Å². The third kappa shape index (κ3) is 2.66. The van der Waals surface area contributed by atoms with E-state index >= 15 is 0 Å². The summed E-state index contributed by atoms with van der Waals surface area (Å²) in [6, 6.07) is 0.322. The SMILES string of the molecule is CC1CN(c2snc(N)c2C(=O)NC2CC2)CCO1. The number of morpholine rings is 1. The number of aromatic nitrogens is 1. The van der Waals surface area contributed by atoms with E-state index in [1.165, 1.54) is 11.5 Å². The molecular weight excluding hydrogens is 264 g/mol. The predicted octanol–water partition coefficient (Wildman–Crippen LogP) is 0.843. The summed E-state index contributed by atoms with van der Waals surface area (Å²) in [5.74, 6) is 0.236. The molecule has 2 aliphatic rings. The molecule has 1 saturated carbocycles. The number of carbonyl (C=O) groups excluding carboxylic acids is 1. The zero-order valence-corrected chi connectivity index (χ0v) is 11.7. The first-order valence-corrected chi connectivity index (χ1v) is 7.35.